The summed E-state index contributed by atoms with van der Waals surface area (Å²) in [6.07, 6.45) is 2.90. The van der Waals surface area contributed by atoms with Crippen LogP contribution in [0.5, 0.6) is 0 Å². The number of carbonyl (C=O) groups is 1. The summed E-state index contributed by atoms with van der Waals surface area (Å²) in [6.45, 7) is 1.98. The third-order valence-corrected chi connectivity index (χ3v) is 5.42. The monoisotopic (exact) mass is 387 g/mol. The lowest BCUT2D eigenvalue weighted by atomic mass is 10.2. The van der Waals surface area contributed by atoms with E-state index in [2.05, 4.69) is 4.99 Å². The molecule has 0 atom stereocenters. The minimum atomic E-state index is -0.470. The second-order valence-electron chi connectivity index (χ2n) is 5.62. The molecule has 0 saturated carbocycles. The highest BCUT2D eigenvalue weighted by Crippen LogP contribution is 2.28. The van der Waals surface area contributed by atoms with Gasteiger partial charge in [0.25, 0.3) is 11.6 Å². The van der Waals surface area contributed by atoms with Crippen LogP contribution in [0.15, 0.2) is 47.5 Å². The molecule has 8 heteroatoms. The molecule has 1 heterocycles. The number of halogens is 1. The first kappa shape index (κ1) is 18.0. The van der Waals surface area contributed by atoms with Gasteiger partial charge in [-0.25, -0.2) is 0 Å². The Labute approximate surface area is 157 Å². The Kier molecular flexibility index (Phi) is 5.01. The summed E-state index contributed by atoms with van der Waals surface area (Å²) in [4.78, 5) is 27.0. The number of nitrogens with zero attached hydrogens (tertiary/aromatic N) is 3. The fraction of sp³-hybridized carbons (Fsp3) is 0.111. The zero-order valence-electron chi connectivity index (χ0n) is 14.0. The van der Waals surface area contributed by atoms with Gasteiger partial charge in [-0.05, 0) is 42.3 Å². The van der Waals surface area contributed by atoms with Gasteiger partial charge in [0.2, 0.25) is 0 Å². The van der Waals surface area contributed by atoms with Crippen LogP contribution in [0.25, 0.3) is 16.3 Å². The van der Waals surface area contributed by atoms with E-state index in [1.54, 1.807) is 18.2 Å². The van der Waals surface area contributed by atoms with Gasteiger partial charge in [0.1, 0.15) is 0 Å². The fourth-order valence-electron chi connectivity index (χ4n) is 2.52. The molecule has 0 fully saturated rings. The molecule has 0 bridgehead atoms. The Hall–Kier alpha value is -2.77. The first-order valence-corrected chi connectivity index (χ1v) is 8.82. The number of hydrogen-bond donors (Lipinski definition) is 0. The van der Waals surface area contributed by atoms with Gasteiger partial charge in [0, 0.05) is 25.3 Å². The Morgan fingerprint density at radius 2 is 1.96 bits per heavy atom. The summed E-state index contributed by atoms with van der Waals surface area (Å²) in [5.41, 5.74) is 2.69. The number of nitro groups is 1. The van der Waals surface area contributed by atoms with Crippen molar-refractivity contribution in [3.8, 4) is 0 Å². The van der Waals surface area contributed by atoms with E-state index < -0.39 is 10.8 Å². The average molecular weight is 388 g/mol. The quantitative estimate of drug-likeness (QED) is 0.383. The number of non-ortho nitro benzene ring substituents is 1. The predicted octanol–water partition coefficient (Wildman–Crippen LogP) is 4.25. The number of aryl methyl sites for hydroxylation is 2. The second kappa shape index (κ2) is 7.23. The maximum Gasteiger partial charge on any atom is 0.272 e. The predicted molar refractivity (Wildman–Crippen MR) is 103 cm³/mol. The van der Waals surface area contributed by atoms with E-state index in [1.165, 1.54) is 29.5 Å². The van der Waals surface area contributed by atoms with Gasteiger partial charge >= 0.3 is 0 Å². The highest BCUT2D eigenvalue weighted by atomic mass is 35.5. The Balaban J connectivity index is 1.90. The van der Waals surface area contributed by atoms with E-state index in [9.17, 15) is 14.9 Å². The van der Waals surface area contributed by atoms with Crippen LogP contribution in [0.1, 0.15) is 11.1 Å². The lowest BCUT2D eigenvalue weighted by Gasteiger charge is -2.00. The first-order valence-electron chi connectivity index (χ1n) is 7.62. The molecule has 132 valence electrons. The minimum absolute atomic E-state index is 0.00251. The van der Waals surface area contributed by atoms with Crippen LogP contribution < -0.4 is 4.80 Å². The topological polar surface area (TPSA) is 77.5 Å². The van der Waals surface area contributed by atoms with Crippen LogP contribution in [0.2, 0.25) is 5.02 Å². The SMILES string of the molecule is Cc1ccc(Cl)c2sc(=NC(=O)/C=C\c3ccc([N+](=O)[O-])cc3)n(C)c12. The normalized spacial score (nSPS) is 12.2. The minimum Gasteiger partial charge on any atom is -0.319 e. The molecular formula is C18H14ClN3O3S. The van der Waals surface area contributed by atoms with E-state index in [-0.39, 0.29) is 5.69 Å². The number of aromatic nitrogens is 1. The molecule has 1 amide bonds. The summed E-state index contributed by atoms with van der Waals surface area (Å²) < 4.78 is 2.74. The van der Waals surface area contributed by atoms with E-state index in [0.29, 0.717) is 15.4 Å². The van der Waals surface area contributed by atoms with Crippen molar-refractivity contribution >= 4 is 50.8 Å². The van der Waals surface area contributed by atoms with Crippen molar-refractivity contribution in [2.24, 2.45) is 12.0 Å². The molecular weight excluding hydrogens is 374 g/mol. The van der Waals surface area contributed by atoms with E-state index in [0.717, 1.165) is 15.8 Å². The zero-order valence-corrected chi connectivity index (χ0v) is 15.5. The van der Waals surface area contributed by atoms with Crippen LogP contribution in [0.4, 0.5) is 5.69 Å². The number of benzene rings is 2. The van der Waals surface area contributed by atoms with Crippen molar-refractivity contribution in [3.05, 3.63) is 73.5 Å². The molecule has 0 aliphatic carbocycles. The smallest absolute Gasteiger partial charge is 0.272 e. The Morgan fingerprint density at radius 3 is 2.58 bits per heavy atom. The van der Waals surface area contributed by atoms with Crippen LogP contribution >= 0.6 is 22.9 Å². The highest BCUT2D eigenvalue weighted by Gasteiger charge is 2.09. The number of carbonyl (C=O) groups excluding carboxylic acids is 1. The molecule has 1 aromatic heterocycles. The van der Waals surface area contributed by atoms with Gasteiger partial charge in [0.05, 0.1) is 20.2 Å². The molecule has 26 heavy (non-hydrogen) atoms. The number of rotatable bonds is 3. The van der Waals surface area contributed by atoms with Gasteiger partial charge in [0.15, 0.2) is 4.80 Å². The molecule has 6 nitrogen and oxygen atoms in total. The fourth-order valence-corrected chi connectivity index (χ4v) is 3.89. The largest absolute Gasteiger partial charge is 0.319 e. The van der Waals surface area contributed by atoms with Crippen LogP contribution in [0, 0.1) is 17.0 Å². The maximum absolute atomic E-state index is 12.2. The Morgan fingerprint density at radius 1 is 1.27 bits per heavy atom. The summed E-state index contributed by atoms with van der Waals surface area (Å²) in [5.74, 6) is -0.417. The van der Waals surface area contributed by atoms with Gasteiger partial charge in [-0.3, -0.25) is 14.9 Å². The third-order valence-electron chi connectivity index (χ3n) is 3.83. The lowest BCUT2D eigenvalue weighted by Crippen LogP contribution is -2.12. The van der Waals surface area contributed by atoms with Crippen molar-refractivity contribution in [3.63, 3.8) is 0 Å². The number of hydrogen-bond acceptors (Lipinski definition) is 4. The zero-order chi connectivity index (χ0) is 18.8. The summed E-state index contributed by atoms with van der Waals surface area (Å²) in [6, 6.07) is 9.68. The number of nitro benzene ring substituents is 1. The van der Waals surface area contributed by atoms with Crippen molar-refractivity contribution in [1.29, 1.82) is 0 Å². The third kappa shape index (κ3) is 3.58. The number of fused-ring (bicyclic) bond motifs is 1. The Bertz CT molecular complexity index is 1110. The van der Waals surface area contributed by atoms with E-state index in [4.69, 9.17) is 11.6 Å². The van der Waals surface area contributed by atoms with Gasteiger partial charge < -0.3 is 4.57 Å². The maximum atomic E-state index is 12.2. The molecule has 0 aliphatic rings. The standard InChI is InChI=1S/C18H14ClN3O3S/c1-11-3-9-14(19)17-16(11)21(2)18(26-17)20-15(23)10-6-12-4-7-13(8-5-12)22(24)25/h3-10H,1-2H3/b10-6-,20-18?. The molecule has 0 N–H and O–H groups in total. The molecule has 2 aromatic carbocycles. The highest BCUT2D eigenvalue weighted by molar-refractivity contribution is 7.17. The molecule has 0 saturated heterocycles. The molecule has 3 aromatic rings. The van der Waals surface area contributed by atoms with Crippen LogP contribution in [-0.4, -0.2) is 15.4 Å². The molecule has 0 aliphatic heterocycles. The van der Waals surface area contributed by atoms with Gasteiger partial charge in [-0.15, -0.1) is 0 Å². The van der Waals surface area contributed by atoms with Crippen LogP contribution in [0.3, 0.4) is 0 Å². The molecule has 0 radical (unpaired) electrons. The van der Waals surface area contributed by atoms with Crippen molar-refractivity contribution < 1.29 is 9.72 Å². The summed E-state index contributed by atoms with van der Waals surface area (Å²) in [7, 11) is 1.84. The molecule has 0 spiro atoms. The number of amides is 1. The average Bonchev–Trinajstić information content (AvgIpc) is 2.94. The molecule has 3 rings (SSSR count). The molecule has 0 unspecified atom stereocenters. The van der Waals surface area contributed by atoms with Crippen LogP contribution in [-0.2, 0) is 11.8 Å². The summed E-state index contributed by atoms with van der Waals surface area (Å²) in [5, 5.41) is 11.3. The first-order chi connectivity index (χ1) is 12.4. The van der Waals surface area contributed by atoms with E-state index in [1.807, 2.05) is 30.7 Å². The van der Waals surface area contributed by atoms with Gasteiger partial charge in [-0.2, -0.15) is 4.99 Å². The van der Waals surface area contributed by atoms with Crippen molar-refractivity contribution in [2.45, 2.75) is 6.92 Å². The van der Waals surface area contributed by atoms with Crippen molar-refractivity contribution in [1.82, 2.24) is 4.57 Å². The second-order valence-corrected chi connectivity index (χ2v) is 7.00. The lowest BCUT2D eigenvalue weighted by molar-refractivity contribution is -0.384. The van der Waals surface area contributed by atoms with Crippen molar-refractivity contribution in [2.75, 3.05) is 0 Å². The summed E-state index contributed by atoms with van der Waals surface area (Å²) >= 11 is 7.59. The van der Waals surface area contributed by atoms with Gasteiger partial charge in [-0.1, -0.05) is 29.0 Å². The van der Waals surface area contributed by atoms with E-state index >= 15 is 0 Å². The number of thiazole rings is 1.